The Morgan fingerprint density at radius 1 is 1.24 bits per heavy atom. The van der Waals surface area contributed by atoms with Crippen LogP contribution in [0, 0.1) is 17.6 Å². The molecular weight excluding hydrogens is 248 g/mol. The largest absolute Gasteiger partial charge is 0.381 e. The van der Waals surface area contributed by atoms with Crippen LogP contribution in [0.15, 0.2) is 12.1 Å². The fraction of sp³-hybridized carbons (Fsp3) is 0.500. The Balaban J connectivity index is 2.23. The fourth-order valence-electron chi connectivity index (χ4n) is 2.12. The molecule has 1 aliphatic heterocycles. The van der Waals surface area contributed by atoms with Crippen LogP contribution in [-0.2, 0) is 4.74 Å². The third-order valence-electron chi connectivity index (χ3n) is 3.17. The van der Waals surface area contributed by atoms with Gasteiger partial charge in [-0.15, -0.1) is 0 Å². The summed E-state index contributed by atoms with van der Waals surface area (Å²) in [5.41, 5.74) is 6.18. The van der Waals surface area contributed by atoms with Gasteiger partial charge in [0.15, 0.2) is 0 Å². The Hall–Kier alpha value is -0.710. The molecule has 2 nitrogen and oxygen atoms in total. The van der Waals surface area contributed by atoms with E-state index >= 15 is 0 Å². The van der Waals surface area contributed by atoms with Crippen molar-refractivity contribution in [2.75, 3.05) is 13.2 Å². The number of benzene rings is 1. The standard InChI is InChI=1S/C12H14ClF2NO/c13-9-6-10(14)8(5-11(9)15)12(16)7-1-3-17-4-2-7/h5-7,12H,1-4,16H2. The lowest BCUT2D eigenvalue weighted by Crippen LogP contribution is -2.28. The fourth-order valence-corrected chi connectivity index (χ4v) is 2.27. The van der Waals surface area contributed by atoms with Gasteiger partial charge in [0.1, 0.15) is 11.6 Å². The number of hydrogen-bond donors (Lipinski definition) is 1. The van der Waals surface area contributed by atoms with E-state index in [0.29, 0.717) is 13.2 Å². The SMILES string of the molecule is NC(c1cc(F)c(Cl)cc1F)C1CCOCC1. The van der Waals surface area contributed by atoms with Gasteiger partial charge in [0.25, 0.3) is 0 Å². The van der Waals surface area contributed by atoms with Crippen molar-refractivity contribution in [3.63, 3.8) is 0 Å². The van der Waals surface area contributed by atoms with Gasteiger partial charge < -0.3 is 10.5 Å². The van der Waals surface area contributed by atoms with Gasteiger partial charge in [0, 0.05) is 24.8 Å². The van der Waals surface area contributed by atoms with E-state index in [0.717, 1.165) is 25.0 Å². The molecule has 0 amide bonds. The number of ether oxygens (including phenoxy) is 1. The summed E-state index contributed by atoms with van der Waals surface area (Å²) in [6.07, 6.45) is 1.54. The highest BCUT2D eigenvalue weighted by Crippen LogP contribution is 2.31. The number of rotatable bonds is 2. The second kappa shape index (κ2) is 5.29. The molecule has 1 aromatic carbocycles. The van der Waals surface area contributed by atoms with E-state index in [1.807, 2.05) is 0 Å². The Morgan fingerprint density at radius 2 is 1.88 bits per heavy atom. The van der Waals surface area contributed by atoms with E-state index in [-0.39, 0.29) is 16.5 Å². The molecule has 2 N–H and O–H groups in total. The molecule has 0 spiro atoms. The second-order valence-corrected chi connectivity index (χ2v) is 4.67. The minimum atomic E-state index is -0.634. The number of nitrogens with two attached hydrogens (primary N) is 1. The average Bonchev–Trinajstić information content (AvgIpc) is 2.34. The monoisotopic (exact) mass is 261 g/mol. The first-order chi connectivity index (χ1) is 8.09. The summed E-state index contributed by atoms with van der Waals surface area (Å²) in [4.78, 5) is 0. The van der Waals surface area contributed by atoms with Crippen LogP contribution in [0.3, 0.4) is 0 Å². The van der Waals surface area contributed by atoms with Crippen LogP contribution in [0.25, 0.3) is 0 Å². The first-order valence-electron chi connectivity index (χ1n) is 5.57. The smallest absolute Gasteiger partial charge is 0.142 e. The van der Waals surface area contributed by atoms with Gasteiger partial charge in [0.05, 0.1) is 5.02 Å². The molecular formula is C12H14ClF2NO. The maximum Gasteiger partial charge on any atom is 0.142 e. The third-order valence-corrected chi connectivity index (χ3v) is 3.46. The van der Waals surface area contributed by atoms with Crippen molar-refractivity contribution in [3.05, 3.63) is 34.4 Å². The van der Waals surface area contributed by atoms with Crippen molar-refractivity contribution in [1.82, 2.24) is 0 Å². The van der Waals surface area contributed by atoms with Crippen molar-refractivity contribution < 1.29 is 13.5 Å². The first kappa shape index (κ1) is 12.7. The predicted octanol–water partition coefficient (Wildman–Crippen LogP) is 3.04. The molecule has 2 rings (SSSR count). The van der Waals surface area contributed by atoms with Gasteiger partial charge in [0.2, 0.25) is 0 Å². The summed E-state index contributed by atoms with van der Waals surface area (Å²) in [6, 6.07) is 1.56. The van der Waals surface area contributed by atoms with Crippen LogP contribution in [0.4, 0.5) is 8.78 Å². The molecule has 0 aliphatic carbocycles. The van der Waals surface area contributed by atoms with Gasteiger partial charge >= 0.3 is 0 Å². The normalized spacial score (nSPS) is 19.3. The van der Waals surface area contributed by atoms with Crippen LogP contribution < -0.4 is 5.73 Å². The molecule has 1 heterocycles. The topological polar surface area (TPSA) is 35.2 Å². The molecule has 1 atom stereocenters. The quantitative estimate of drug-likeness (QED) is 0.831. The third kappa shape index (κ3) is 2.76. The Bertz CT molecular complexity index is 408. The van der Waals surface area contributed by atoms with Gasteiger partial charge in [-0.25, -0.2) is 8.78 Å². The van der Waals surface area contributed by atoms with E-state index in [4.69, 9.17) is 22.1 Å². The molecule has 1 aliphatic rings. The summed E-state index contributed by atoms with van der Waals surface area (Å²) in [5, 5.41) is -0.217. The highest BCUT2D eigenvalue weighted by Gasteiger charge is 2.25. The summed E-state index contributed by atoms with van der Waals surface area (Å²) < 4.78 is 32.2. The highest BCUT2D eigenvalue weighted by molar-refractivity contribution is 6.30. The molecule has 5 heteroatoms. The van der Waals surface area contributed by atoms with E-state index < -0.39 is 17.7 Å². The maximum atomic E-state index is 13.7. The van der Waals surface area contributed by atoms with Crippen molar-refractivity contribution in [2.45, 2.75) is 18.9 Å². The molecule has 1 unspecified atom stereocenters. The van der Waals surface area contributed by atoms with E-state index in [9.17, 15) is 8.78 Å². The Kier molecular flexibility index (Phi) is 3.97. The molecule has 94 valence electrons. The zero-order valence-electron chi connectivity index (χ0n) is 9.26. The van der Waals surface area contributed by atoms with Crippen LogP contribution in [0.5, 0.6) is 0 Å². The Morgan fingerprint density at radius 3 is 2.53 bits per heavy atom. The molecule has 0 radical (unpaired) electrons. The molecule has 1 aromatic rings. The van der Waals surface area contributed by atoms with Crippen molar-refractivity contribution >= 4 is 11.6 Å². The number of hydrogen-bond acceptors (Lipinski definition) is 2. The van der Waals surface area contributed by atoms with E-state index in [1.54, 1.807) is 0 Å². The average molecular weight is 262 g/mol. The molecule has 0 bridgehead atoms. The molecule has 1 fully saturated rings. The molecule has 17 heavy (non-hydrogen) atoms. The minimum absolute atomic E-state index is 0.124. The zero-order chi connectivity index (χ0) is 12.4. The summed E-state index contributed by atoms with van der Waals surface area (Å²) in [7, 11) is 0. The van der Waals surface area contributed by atoms with Gasteiger partial charge in [-0.1, -0.05) is 11.6 Å². The first-order valence-corrected chi connectivity index (χ1v) is 5.95. The van der Waals surface area contributed by atoms with E-state index in [1.165, 1.54) is 0 Å². The minimum Gasteiger partial charge on any atom is -0.381 e. The summed E-state index contributed by atoms with van der Waals surface area (Å²) >= 11 is 5.50. The molecule has 1 saturated heterocycles. The lowest BCUT2D eigenvalue weighted by molar-refractivity contribution is 0.0579. The van der Waals surface area contributed by atoms with Crippen LogP contribution in [-0.4, -0.2) is 13.2 Å². The summed E-state index contributed by atoms with van der Waals surface area (Å²) in [5.74, 6) is -1.06. The second-order valence-electron chi connectivity index (χ2n) is 4.26. The number of halogens is 3. The predicted molar refractivity (Wildman–Crippen MR) is 61.8 cm³/mol. The Labute approximate surface area is 104 Å². The van der Waals surface area contributed by atoms with Crippen LogP contribution in [0.2, 0.25) is 5.02 Å². The van der Waals surface area contributed by atoms with Gasteiger partial charge in [-0.2, -0.15) is 0 Å². The lowest BCUT2D eigenvalue weighted by Gasteiger charge is -2.28. The zero-order valence-corrected chi connectivity index (χ0v) is 10.0. The van der Waals surface area contributed by atoms with Crippen molar-refractivity contribution in [2.24, 2.45) is 11.7 Å². The van der Waals surface area contributed by atoms with Crippen LogP contribution >= 0.6 is 11.6 Å². The lowest BCUT2D eigenvalue weighted by atomic mass is 9.87. The van der Waals surface area contributed by atoms with Crippen LogP contribution in [0.1, 0.15) is 24.4 Å². The highest BCUT2D eigenvalue weighted by atomic mass is 35.5. The molecule has 0 aromatic heterocycles. The molecule has 0 saturated carbocycles. The van der Waals surface area contributed by atoms with Gasteiger partial charge in [-0.3, -0.25) is 0 Å². The van der Waals surface area contributed by atoms with E-state index in [2.05, 4.69) is 0 Å². The maximum absolute atomic E-state index is 13.7. The summed E-state index contributed by atoms with van der Waals surface area (Å²) in [6.45, 7) is 1.24. The van der Waals surface area contributed by atoms with Crippen molar-refractivity contribution in [1.29, 1.82) is 0 Å². The van der Waals surface area contributed by atoms with Gasteiger partial charge in [-0.05, 0) is 30.9 Å². The van der Waals surface area contributed by atoms with Crippen molar-refractivity contribution in [3.8, 4) is 0 Å².